The maximum absolute atomic E-state index is 12.8. The van der Waals surface area contributed by atoms with Crippen molar-refractivity contribution in [1.29, 1.82) is 0 Å². The lowest BCUT2D eigenvalue weighted by Gasteiger charge is -2.12. The lowest BCUT2D eigenvalue weighted by molar-refractivity contribution is 0.455. The minimum atomic E-state index is -0.383. The fourth-order valence-corrected chi connectivity index (χ4v) is 1.28. The second-order valence-electron chi connectivity index (χ2n) is 3.18. The maximum Gasteiger partial charge on any atom is 0.123 e. The lowest BCUT2D eigenvalue weighted by Crippen LogP contribution is -2.10. The van der Waals surface area contributed by atoms with Crippen LogP contribution in [0.2, 0.25) is 0 Å². The van der Waals surface area contributed by atoms with E-state index in [0.29, 0.717) is 12.0 Å². The third-order valence-corrected chi connectivity index (χ3v) is 2.07. The van der Waals surface area contributed by atoms with Gasteiger partial charge >= 0.3 is 0 Å². The molecule has 1 aromatic rings. The standard InChI is InChI=1S/C11H14FNO.ClH/c1-2-3-4-10(13)9-7-8(12)5-6-11(9)14;/h2,5-7,10,14H,1,3-4,13H2;1H/t10-;/m0./s1. The van der Waals surface area contributed by atoms with Gasteiger partial charge in [0, 0.05) is 11.6 Å². The molecular weight excluding hydrogens is 217 g/mol. The summed E-state index contributed by atoms with van der Waals surface area (Å²) in [6, 6.07) is 3.45. The number of halogens is 2. The molecule has 3 N–H and O–H groups in total. The van der Waals surface area contributed by atoms with E-state index in [0.717, 1.165) is 6.42 Å². The van der Waals surface area contributed by atoms with E-state index in [1.54, 1.807) is 6.08 Å². The molecule has 4 heteroatoms. The minimum absolute atomic E-state index is 0. The highest BCUT2D eigenvalue weighted by molar-refractivity contribution is 5.85. The number of hydrogen-bond acceptors (Lipinski definition) is 2. The van der Waals surface area contributed by atoms with Gasteiger partial charge in [0.2, 0.25) is 0 Å². The van der Waals surface area contributed by atoms with E-state index in [2.05, 4.69) is 6.58 Å². The Morgan fingerprint density at radius 1 is 1.53 bits per heavy atom. The summed E-state index contributed by atoms with van der Waals surface area (Å²) >= 11 is 0. The predicted octanol–water partition coefficient (Wildman–Crippen LogP) is 2.92. The van der Waals surface area contributed by atoms with E-state index >= 15 is 0 Å². The third-order valence-electron chi connectivity index (χ3n) is 2.07. The quantitative estimate of drug-likeness (QED) is 0.783. The van der Waals surface area contributed by atoms with Crippen LogP contribution in [-0.2, 0) is 0 Å². The second kappa shape index (κ2) is 6.43. The van der Waals surface area contributed by atoms with Crippen LogP contribution < -0.4 is 5.73 Å². The normalized spacial score (nSPS) is 11.6. The van der Waals surface area contributed by atoms with Crippen LogP contribution in [0.5, 0.6) is 5.75 Å². The van der Waals surface area contributed by atoms with Gasteiger partial charge in [-0.2, -0.15) is 0 Å². The number of phenolic OH excluding ortho intramolecular Hbond substituents is 1. The van der Waals surface area contributed by atoms with Crippen LogP contribution in [0.25, 0.3) is 0 Å². The average molecular weight is 232 g/mol. The summed E-state index contributed by atoms with van der Waals surface area (Å²) < 4.78 is 12.8. The first-order valence-corrected chi connectivity index (χ1v) is 4.50. The molecule has 15 heavy (non-hydrogen) atoms. The molecule has 1 aromatic carbocycles. The molecule has 0 saturated heterocycles. The molecule has 0 aliphatic carbocycles. The fraction of sp³-hybridized carbons (Fsp3) is 0.273. The van der Waals surface area contributed by atoms with Gasteiger partial charge in [0.05, 0.1) is 0 Å². The van der Waals surface area contributed by atoms with Crippen LogP contribution in [0.3, 0.4) is 0 Å². The van der Waals surface area contributed by atoms with Crippen LogP contribution >= 0.6 is 12.4 Å². The van der Waals surface area contributed by atoms with Gasteiger partial charge in [0.15, 0.2) is 0 Å². The molecule has 0 radical (unpaired) electrons. The number of phenols is 1. The summed E-state index contributed by atoms with van der Waals surface area (Å²) in [7, 11) is 0. The smallest absolute Gasteiger partial charge is 0.123 e. The number of rotatable bonds is 4. The van der Waals surface area contributed by atoms with Crippen molar-refractivity contribution < 1.29 is 9.50 Å². The van der Waals surface area contributed by atoms with Gasteiger partial charge in [-0.1, -0.05) is 6.08 Å². The Bertz CT molecular complexity index is 330. The molecule has 0 spiro atoms. The van der Waals surface area contributed by atoms with Crippen molar-refractivity contribution in [3.05, 3.63) is 42.2 Å². The Labute approximate surface area is 95.0 Å². The molecule has 0 fully saturated rings. The van der Waals surface area contributed by atoms with Gasteiger partial charge in [0.25, 0.3) is 0 Å². The van der Waals surface area contributed by atoms with Gasteiger partial charge in [-0.3, -0.25) is 0 Å². The van der Waals surface area contributed by atoms with Gasteiger partial charge in [-0.15, -0.1) is 19.0 Å². The SMILES string of the molecule is C=CCC[C@H](N)c1cc(F)ccc1O.Cl. The first-order chi connectivity index (χ1) is 6.65. The highest BCUT2D eigenvalue weighted by atomic mass is 35.5. The Kier molecular flexibility index (Phi) is 5.97. The number of aromatic hydroxyl groups is 1. The van der Waals surface area contributed by atoms with E-state index < -0.39 is 0 Å². The number of allylic oxidation sites excluding steroid dienone is 1. The molecular formula is C11H15ClFNO. The monoisotopic (exact) mass is 231 g/mol. The summed E-state index contributed by atoms with van der Waals surface area (Å²) in [5, 5.41) is 9.43. The Balaban J connectivity index is 0.00000196. The van der Waals surface area contributed by atoms with Crippen molar-refractivity contribution in [3.63, 3.8) is 0 Å². The van der Waals surface area contributed by atoms with Crippen molar-refractivity contribution in [2.75, 3.05) is 0 Å². The Morgan fingerprint density at radius 2 is 2.20 bits per heavy atom. The molecule has 84 valence electrons. The zero-order valence-electron chi connectivity index (χ0n) is 8.32. The molecule has 1 rings (SSSR count). The molecule has 1 atom stereocenters. The maximum atomic E-state index is 12.8. The van der Waals surface area contributed by atoms with Crippen molar-refractivity contribution in [3.8, 4) is 5.75 Å². The van der Waals surface area contributed by atoms with Crippen LogP contribution in [0.15, 0.2) is 30.9 Å². The van der Waals surface area contributed by atoms with E-state index in [9.17, 15) is 9.50 Å². The molecule has 0 unspecified atom stereocenters. The van der Waals surface area contributed by atoms with Crippen molar-refractivity contribution >= 4 is 12.4 Å². The third kappa shape index (κ3) is 3.90. The van der Waals surface area contributed by atoms with Crippen molar-refractivity contribution in [2.45, 2.75) is 18.9 Å². The van der Waals surface area contributed by atoms with Gasteiger partial charge in [-0.05, 0) is 31.0 Å². The van der Waals surface area contributed by atoms with Crippen LogP contribution in [0, 0.1) is 5.82 Å². The molecule has 0 aliphatic rings. The summed E-state index contributed by atoms with van der Waals surface area (Å²) in [4.78, 5) is 0. The van der Waals surface area contributed by atoms with Gasteiger partial charge in [0.1, 0.15) is 11.6 Å². The molecule has 0 aromatic heterocycles. The first kappa shape index (κ1) is 13.9. The largest absolute Gasteiger partial charge is 0.508 e. The predicted molar refractivity (Wildman–Crippen MR) is 61.7 cm³/mol. The summed E-state index contributed by atoms with van der Waals surface area (Å²) in [6.07, 6.45) is 3.15. The van der Waals surface area contributed by atoms with E-state index in [4.69, 9.17) is 5.73 Å². The molecule has 0 aliphatic heterocycles. The number of benzene rings is 1. The lowest BCUT2D eigenvalue weighted by atomic mass is 10.0. The van der Waals surface area contributed by atoms with Crippen molar-refractivity contribution in [1.82, 2.24) is 0 Å². The highest BCUT2D eigenvalue weighted by Crippen LogP contribution is 2.26. The zero-order valence-corrected chi connectivity index (χ0v) is 9.14. The van der Waals surface area contributed by atoms with Crippen LogP contribution in [-0.4, -0.2) is 5.11 Å². The summed E-state index contributed by atoms with van der Waals surface area (Å²) in [5.41, 5.74) is 6.23. The number of hydrogen-bond donors (Lipinski definition) is 2. The van der Waals surface area contributed by atoms with E-state index in [-0.39, 0.29) is 30.0 Å². The summed E-state index contributed by atoms with van der Waals surface area (Å²) in [6.45, 7) is 3.57. The average Bonchev–Trinajstić information content (AvgIpc) is 2.18. The fourth-order valence-electron chi connectivity index (χ4n) is 1.28. The van der Waals surface area contributed by atoms with Crippen LogP contribution in [0.4, 0.5) is 4.39 Å². The molecule has 2 nitrogen and oxygen atoms in total. The Hall–Kier alpha value is -1.06. The summed E-state index contributed by atoms with van der Waals surface area (Å²) in [5.74, 6) is -0.338. The first-order valence-electron chi connectivity index (χ1n) is 4.50. The second-order valence-corrected chi connectivity index (χ2v) is 3.18. The van der Waals surface area contributed by atoms with Gasteiger partial charge < -0.3 is 10.8 Å². The number of nitrogens with two attached hydrogens (primary N) is 1. The zero-order chi connectivity index (χ0) is 10.6. The molecule has 0 heterocycles. The topological polar surface area (TPSA) is 46.2 Å². The van der Waals surface area contributed by atoms with E-state index in [1.165, 1.54) is 18.2 Å². The minimum Gasteiger partial charge on any atom is -0.508 e. The Morgan fingerprint density at radius 3 is 2.80 bits per heavy atom. The molecule has 0 saturated carbocycles. The molecule has 0 bridgehead atoms. The molecule has 0 amide bonds. The van der Waals surface area contributed by atoms with Crippen molar-refractivity contribution in [2.24, 2.45) is 5.73 Å². The van der Waals surface area contributed by atoms with Gasteiger partial charge in [-0.25, -0.2) is 4.39 Å². The highest BCUT2D eigenvalue weighted by Gasteiger charge is 2.10. The van der Waals surface area contributed by atoms with Crippen LogP contribution in [0.1, 0.15) is 24.4 Å². The van der Waals surface area contributed by atoms with E-state index in [1.807, 2.05) is 0 Å².